The molecule has 1 aliphatic carbocycles. The Hall–Kier alpha value is -3.76. The summed E-state index contributed by atoms with van der Waals surface area (Å²) in [5.74, 6) is -0.0491. The summed E-state index contributed by atoms with van der Waals surface area (Å²) in [6.45, 7) is 1.67. The number of carbonyl (C=O) groups is 2. The zero-order valence-corrected chi connectivity index (χ0v) is 22.4. The summed E-state index contributed by atoms with van der Waals surface area (Å²) in [7, 11) is 1.37. The second-order valence-electron chi connectivity index (χ2n) is 10.0. The maximum atomic E-state index is 13.6. The third kappa shape index (κ3) is 4.97. The van der Waals surface area contributed by atoms with Gasteiger partial charge in [0.1, 0.15) is 23.5 Å². The number of alkyl halides is 3. The summed E-state index contributed by atoms with van der Waals surface area (Å²) in [5, 5.41) is 9.14. The van der Waals surface area contributed by atoms with Gasteiger partial charge in [-0.2, -0.15) is 18.4 Å². The molecule has 1 aromatic heterocycles. The minimum Gasteiger partial charge on any atom is -0.490 e. The van der Waals surface area contributed by atoms with E-state index in [0.717, 1.165) is 36.4 Å². The fourth-order valence-electron chi connectivity index (χ4n) is 5.39. The first-order valence-electron chi connectivity index (χ1n) is 12.8. The molecule has 1 saturated carbocycles. The highest BCUT2D eigenvalue weighted by Crippen LogP contribution is 2.48. The number of anilines is 2. The monoisotopic (exact) mass is 573 g/mol. The summed E-state index contributed by atoms with van der Waals surface area (Å²) in [5.41, 5.74) is -2.49. The molecule has 0 bridgehead atoms. The third-order valence-electron chi connectivity index (χ3n) is 7.65. The lowest BCUT2D eigenvalue weighted by molar-refractivity contribution is -0.142. The van der Waals surface area contributed by atoms with Gasteiger partial charge < -0.3 is 14.4 Å². The maximum absolute atomic E-state index is 13.6. The van der Waals surface area contributed by atoms with E-state index in [0.29, 0.717) is 37.4 Å². The minimum absolute atomic E-state index is 0.0191. The molecule has 0 N–H and O–H groups in total. The fourth-order valence-corrected chi connectivity index (χ4v) is 5.86. The zero-order chi connectivity index (χ0) is 28.7. The van der Waals surface area contributed by atoms with Gasteiger partial charge in [-0.15, -0.1) is 0 Å². The van der Waals surface area contributed by atoms with Crippen molar-refractivity contribution in [2.24, 2.45) is 0 Å². The second-order valence-corrected chi connectivity index (χ2v) is 10.4. The molecule has 9 nitrogen and oxygen atoms in total. The first-order valence-corrected chi connectivity index (χ1v) is 13.2. The van der Waals surface area contributed by atoms with Gasteiger partial charge in [0.2, 0.25) is 0 Å². The smallest absolute Gasteiger partial charge is 0.419 e. The van der Waals surface area contributed by atoms with Gasteiger partial charge in [-0.1, -0.05) is 0 Å². The Balaban J connectivity index is 1.33. The van der Waals surface area contributed by atoms with E-state index in [1.807, 2.05) is 4.90 Å². The zero-order valence-electron chi connectivity index (χ0n) is 21.6. The topological polar surface area (TPSA) is 99.0 Å². The van der Waals surface area contributed by atoms with Crippen LogP contribution in [-0.2, 0) is 20.5 Å². The third-order valence-corrected chi connectivity index (χ3v) is 8.01. The van der Waals surface area contributed by atoms with Crippen LogP contribution < -0.4 is 14.5 Å². The number of thiocarbonyl (C=S) groups is 1. The van der Waals surface area contributed by atoms with E-state index >= 15 is 0 Å². The predicted molar refractivity (Wildman–Crippen MR) is 142 cm³/mol. The highest BCUT2D eigenvalue weighted by Gasteiger charge is 2.59. The number of methoxy groups -OCH3 is 1. The molecule has 2 saturated heterocycles. The van der Waals surface area contributed by atoms with Crippen LogP contribution in [-0.4, -0.2) is 65.3 Å². The number of halogens is 3. The van der Waals surface area contributed by atoms with Crippen LogP contribution in [0.2, 0.25) is 0 Å². The quantitative estimate of drug-likeness (QED) is 0.374. The van der Waals surface area contributed by atoms with Crippen molar-refractivity contribution in [1.29, 1.82) is 5.26 Å². The van der Waals surface area contributed by atoms with E-state index in [-0.39, 0.29) is 29.4 Å². The number of rotatable bonds is 6. The van der Waals surface area contributed by atoms with E-state index < -0.39 is 28.9 Å². The Morgan fingerprint density at radius 3 is 2.42 bits per heavy atom. The molecule has 1 amide bonds. The Morgan fingerprint density at radius 2 is 1.88 bits per heavy atom. The molecule has 40 heavy (non-hydrogen) atoms. The van der Waals surface area contributed by atoms with E-state index in [1.165, 1.54) is 13.2 Å². The Labute approximate surface area is 234 Å². The Morgan fingerprint density at radius 1 is 1.20 bits per heavy atom. The average molecular weight is 574 g/mol. The van der Waals surface area contributed by atoms with E-state index in [2.05, 4.69) is 4.98 Å². The number of piperidine rings is 1. The van der Waals surface area contributed by atoms with E-state index in [9.17, 15) is 22.8 Å². The van der Waals surface area contributed by atoms with Crippen molar-refractivity contribution in [3.8, 4) is 11.8 Å². The summed E-state index contributed by atoms with van der Waals surface area (Å²) < 4.78 is 51.6. The van der Waals surface area contributed by atoms with Crippen molar-refractivity contribution < 1.29 is 32.2 Å². The van der Waals surface area contributed by atoms with Gasteiger partial charge in [-0.3, -0.25) is 19.4 Å². The first kappa shape index (κ1) is 27.8. The van der Waals surface area contributed by atoms with Crippen LogP contribution in [0.15, 0.2) is 36.5 Å². The van der Waals surface area contributed by atoms with Crippen molar-refractivity contribution in [3.63, 3.8) is 0 Å². The molecule has 1 spiro atoms. The molecule has 2 aliphatic heterocycles. The van der Waals surface area contributed by atoms with Gasteiger partial charge in [0.25, 0.3) is 5.91 Å². The predicted octanol–water partition coefficient (Wildman–Crippen LogP) is 4.05. The summed E-state index contributed by atoms with van der Waals surface area (Å²) in [6, 6.07) is 9.32. The van der Waals surface area contributed by atoms with Crippen LogP contribution in [0.1, 0.15) is 43.4 Å². The lowest BCUT2D eigenvalue weighted by Gasteiger charge is -2.43. The van der Waals surface area contributed by atoms with Crippen molar-refractivity contribution in [3.05, 3.63) is 47.8 Å². The number of benzene rings is 1. The van der Waals surface area contributed by atoms with Gasteiger partial charge in [-0.05, 0) is 74.7 Å². The number of pyridine rings is 1. The van der Waals surface area contributed by atoms with Gasteiger partial charge in [-0.25, -0.2) is 4.98 Å². The highest BCUT2D eigenvalue weighted by atomic mass is 32.1. The van der Waals surface area contributed by atoms with Crippen molar-refractivity contribution >= 4 is 40.6 Å². The number of ether oxygens (including phenoxy) is 2. The Bertz CT molecular complexity index is 1370. The number of nitrogens with zero attached hydrogens (tertiary/aromatic N) is 5. The Kier molecular flexibility index (Phi) is 7.41. The standard InChI is InChI=1S/C27H26F3N5O4S/c1-38-23(36)16-33-11-7-20(8-12-33)39-19-5-3-17(4-6-19)35-25(40)34(24(37)26(35)9-2-10-26)18-13-21(27(28,29)30)22(14-31)32-15-18/h3-6,13,15,20H,2,7-12,16H2,1H3. The molecule has 0 radical (unpaired) electrons. The van der Waals surface area contributed by atoms with Crippen LogP contribution in [0, 0.1) is 11.3 Å². The van der Waals surface area contributed by atoms with Crippen LogP contribution >= 0.6 is 12.2 Å². The van der Waals surface area contributed by atoms with Gasteiger partial charge in [0.15, 0.2) is 10.8 Å². The summed E-state index contributed by atoms with van der Waals surface area (Å²) >= 11 is 5.65. The lowest BCUT2D eigenvalue weighted by Crippen LogP contribution is -2.55. The SMILES string of the molecule is COC(=O)CN1CCC(Oc2ccc(N3C(=S)N(c4cnc(C#N)c(C(F)(F)F)c4)C(=O)C34CCC4)cc2)CC1. The number of hydrogen-bond donors (Lipinski definition) is 0. The largest absolute Gasteiger partial charge is 0.490 e. The molecule has 3 fully saturated rings. The number of esters is 1. The van der Waals surface area contributed by atoms with Gasteiger partial charge in [0.05, 0.1) is 31.1 Å². The van der Waals surface area contributed by atoms with Gasteiger partial charge in [0, 0.05) is 18.8 Å². The number of nitriles is 1. The highest BCUT2D eigenvalue weighted by molar-refractivity contribution is 7.81. The number of carbonyl (C=O) groups excluding carboxylic acids is 2. The molecule has 0 unspecified atom stereocenters. The van der Waals surface area contributed by atoms with Crippen LogP contribution in [0.4, 0.5) is 24.5 Å². The first-order chi connectivity index (χ1) is 19.1. The number of hydrogen-bond acceptors (Lipinski definition) is 8. The minimum atomic E-state index is -4.82. The number of aromatic nitrogens is 1. The van der Waals surface area contributed by atoms with Crippen molar-refractivity contribution in [2.75, 3.05) is 36.5 Å². The van der Waals surface area contributed by atoms with E-state index in [1.54, 1.807) is 29.2 Å². The normalized spacial score (nSPS) is 19.5. The van der Waals surface area contributed by atoms with Crippen molar-refractivity contribution in [2.45, 2.75) is 49.9 Å². The number of amides is 1. The molecular formula is C27H26F3N5O4S. The van der Waals surface area contributed by atoms with E-state index in [4.69, 9.17) is 27.0 Å². The van der Waals surface area contributed by atoms with Crippen LogP contribution in [0.25, 0.3) is 0 Å². The molecule has 5 rings (SSSR count). The molecule has 210 valence electrons. The average Bonchev–Trinajstić information content (AvgIpc) is 3.16. The van der Waals surface area contributed by atoms with Crippen molar-refractivity contribution in [1.82, 2.24) is 9.88 Å². The van der Waals surface area contributed by atoms with Crippen LogP contribution in [0.3, 0.4) is 0 Å². The second kappa shape index (κ2) is 10.7. The lowest BCUT2D eigenvalue weighted by atomic mass is 9.75. The fraction of sp³-hybridized carbons (Fsp3) is 0.444. The molecule has 0 atom stereocenters. The molecule has 3 heterocycles. The molecular weight excluding hydrogens is 547 g/mol. The van der Waals surface area contributed by atoms with Crippen LogP contribution in [0.5, 0.6) is 5.75 Å². The number of likely N-dealkylation sites (tertiary alicyclic amines) is 1. The molecule has 2 aromatic rings. The molecule has 3 aliphatic rings. The summed E-state index contributed by atoms with van der Waals surface area (Å²) in [4.78, 5) is 33.6. The molecule has 13 heteroatoms. The van der Waals surface area contributed by atoms with Gasteiger partial charge >= 0.3 is 12.1 Å². The molecule has 1 aromatic carbocycles. The maximum Gasteiger partial charge on any atom is 0.419 e. The summed E-state index contributed by atoms with van der Waals surface area (Å²) in [6.07, 6.45) is -0.494.